The smallest absolute Gasteiger partial charge is 0.256 e. The summed E-state index contributed by atoms with van der Waals surface area (Å²) in [7, 11) is -3.33. The number of carbonyl (C=O) groups is 1. The molecule has 0 bridgehead atoms. The fourth-order valence-electron chi connectivity index (χ4n) is 2.66. The molecule has 1 N–H and O–H groups in total. The molecular weight excluding hydrogens is 336 g/mol. The van der Waals surface area contributed by atoms with Crippen LogP contribution in [-0.4, -0.2) is 25.6 Å². The summed E-state index contributed by atoms with van der Waals surface area (Å²) in [5, 5.41) is 3.54. The monoisotopic (exact) mass is 354 g/mol. The second-order valence-electron chi connectivity index (χ2n) is 6.09. The number of aromatic nitrogens is 1. The van der Waals surface area contributed by atoms with E-state index >= 15 is 0 Å². The van der Waals surface area contributed by atoms with Crippen molar-refractivity contribution in [3.63, 3.8) is 0 Å². The van der Waals surface area contributed by atoms with E-state index in [1.165, 1.54) is 12.1 Å². The van der Waals surface area contributed by atoms with E-state index in [1.54, 1.807) is 18.2 Å². The molecule has 0 spiro atoms. The summed E-state index contributed by atoms with van der Waals surface area (Å²) in [5.41, 5.74) is 3.47. The number of aryl methyl sites for hydroxylation is 2. The molecule has 0 aliphatic carbocycles. The minimum atomic E-state index is -3.33. The largest absolute Gasteiger partial charge is 0.322 e. The molecule has 3 rings (SSSR count). The Morgan fingerprint density at radius 3 is 2.52 bits per heavy atom. The average molecular weight is 354 g/mol. The average Bonchev–Trinajstić information content (AvgIpc) is 2.54. The van der Waals surface area contributed by atoms with Gasteiger partial charge in [-0.15, -0.1) is 0 Å². The van der Waals surface area contributed by atoms with Crippen LogP contribution in [0.15, 0.2) is 53.4 Å². The van der Waals surface area contributed by atoms with Crippen molar-refractivity contribution in [2.75, 3.05) is 11.6 Å². The molecule has 0 aliphatic rings. The number of hydrogen-bond donors (Lipinski definition) is 1. The van der Waals surface area contributed by atoms with Crippen LogP contribution in [0.2, 0.25) is 0 Å². The van der Waals surface area contributed by atoms with Gasteiger partial charge in [0.25, 0.3) is 5.91 Å². The molecule has 0 fully saturated rings. The first-order chi connectivity index (χ1) is 11.7. The Hall–Kier alpha value is -2.73. The Labute approximate surface area is 146 Å². The first-order valence-electron chi connectivity index (χ1n) is 7.73. The highest BCUT2D eigenvalue weighted by Gasteiger charge is 2.14. The second kappa shape index (κ2) is 6.29. The number of hydrogen-bond acceptors (Lipinski definition) is 4. The summed E-state index contributed by atoms with van der Waals surface area (Å²) in [5.74, 6) is -0.299. The standard InChI is InChI=1S/C19H18N2O3S/c1-12-7-8-18-16(9-12)17(10-13(2)20-18)19(22)21-14-5-4-6-15(11-14)25(3,23)24/h4-11H,1-3H3,(H,21,22). The fraction of sp³-hybridized carbons (Fsp3) is 0.158. The van der Waals surface area contributed by atoms with Gasteiger partial charge in [0.05, 0.1) is 16.0 Å². The molecule has 0 aliphatic heterocycles. The number of carbonyl (C=O) groups excluding carboxylic acids is 1. The molecule has 1 heterocycles. The zero-order valence-electron chi connectivity index (χ0n) is 14.2. The summed E-state index contributed by atoms with van der Waals surface area (Å²) >= 11 is 0. The second-order valence-corrected chi connectivity index (χ2v) is 8.10. The minimum Gasteiger partial charge on any atom is -0.322 e. The number of nitrogens with zero attached hydrogens (tertiary/aromatic N) is 1. The lowest BCUT2D eigenvalue weighted by molar-refractivity contribution is 0.102. The molecule has 1 aromatic heterocycles. The molecule has 0 saturated heterocycles. The van der Waals surface area contributed by atoms with Crippen molar-refractivity contribution in [1.29, 1.82) is 0 Å². The molecule has 3 aromatic rings. The quantitative estimate of drug-likeness (QED) is 0.781. The predicted octanol–water partition coefficient (Wildman–Crippen LogP) is 3.51. The third-order valence-electron chi connectivity index (χ3n) is 3.86. The van der Waals surface area contributed by atoms with Gasteiger partial charge in [-0.3, -0.25) is 9.78 Å². The molecule has 25 heavy (non-hydrogen) atoms. The topological polar surface area (TPSA) is 76.1 Å². The Morgan fingerprint density at radius 1 is 1.04 bits per heavy atom. The molecule has 5 nitrogen and oxygen atoms in total. The van der Waals surface area contributed by atoms with Gasteiger partial charge in [-0.05, 0) is 50.2 Å². The van der Waals surface area contributed by atoms with Crippen LogP contribution in [0.1, 0.15) is 21.6 Å². The Morgan fingerprint density at radius 2 is 1.80 bits per heavy atom. The van der Waals surface area contributed by atoms with Crippen molar-refractivity contribution < 1.29 is 13.2 Å². The number of pyridine rings is 1. The Bertz CT molecular complexity index is 1090. The number of anilines is 1. The zero-order chi connectivity index (χ0) is 18.2. The Kier molecular flexibility index (Phi) is 4.30. The van der Waals surface area contributed by atoms with Crippen molar-refractivity contribution in [2.45, 2.75) is 18.7 Å². The lowest BCUT2D eigenvalue weighted by Gasteiger charge is -2.10. The summed E-state index contributed by atoms with van der Waals surface area (Å²) in [6.45, 7) is 3.79. The maximum Gasteiger partial charge on any atom is 0.256 e. The molecule has 0 unspecified atom stereocenters. The van der Waals surface area contributed by atoms with Crippen LogP contribution in [0.4, 0.5) is 5.69 Å². The van der Waals surface area contributed by atoms with Gasteiger partial charge in [-0.25, -0.2) is 8.42 Å². The molecule has 2 aromatic carbocycles. The molecule has 0 atom stereocenters. The van der Waals surface area contributed by atoms with Crippen LogP contribution in [0.3, 0.4) is 0 Å². The van der Waals surface area contributed by atoms with Crippen LogP contribution in [-0.2, 0) is 9.84 Å². The van der Waals surface area contributed by atoms with Gasteiger partial charge in [-0.2, -0.15) is 0 Å². The normalized spacial score (nSPS) is 11.5. The highest BCUT2D eigenvalue weighted by molar-refractivity contribution is 7.90. The van der Waals surface area contributed by atoms with Crippen LogP contribution in [0.25, 0.3) is 10.9 Å². The number of rotatable bonds is 3. The van der Waals surface area contributed by atoms with E-state index in [2.05, 4.69) is 10.3 Å². The van der Waals surface area contributed by atoms with E-state index in [-0.39, 0.29) is 10.8 Å². The van der Waals surface area contributed by atoms with Gasteiger partial charge in [0.15, 0.2) is 9.84 Å². The van der Waals surface area contributed by atoms with Gasteiger partial charge in [0.1, 0.15) is 0 Å². The van der Waals surface area contributed by atoms with Gasteiger partial charge in [0, 0.05) is 23.0 Å². The third-order valence-corrected chi connectivity index (χ3v) is 4.97. The van der Waals surface area contributed by atoms with E-state index in [0.29, 0.717) is 11.3 Å². The number of amides is 1. The summed E-state index contributed by atoms with van der Waals surface area (Å²) in [6, 6.07) is 13.7. The van der Waals surface area contributed by atoms with E-state index in [0.717, 1.165) is 28.4 Å². The van der Waals surface area contributed by atoms with Crippen molar-refractivity contribution >= 4 is 32.3 Å². The predicted molar refractivity (Wildman–Crippen MR) is 98.7 cm³/mol. The number of nitrogens with one attached hydrogen (secondary N) is 1. The molecule has 0 radical (unpaired) electrons. The van der Waals surface area contributed by atoms with Gasteiger partial charge < -0.3 is 5.32 Å². The molecular formula is C19H18N2O3S. The van der Waals surface area contributed by atoms with Crippen LogP contribution in [0, 0.1) is 13.8 Å². The first kappa shape index (κ1) is 17.1. The van der Waals surface area contributed by atoms with E-state index in [1.807, 2.05) is 32.0 Å². The SMILES string of the molecule is Cc1ccc2nc(C)cc(C(=O)Nc3cccc(S(C)(=O)=O)c3)c2c1. The molecule has 1 amide bonds. The maximum absolute atomic E-state index is 12.8. The highest BCUT2D eigenvalue weighted by atomic mass is 32.2. The number of sulfone groups is 1. The van der Waals surface area contributed by atoms with Crippen LogP contribution >= 0.6 is 0 Å². The van der Waals surface area contributed by atoms with E-state index in [9.17, 15) is 13.2 Å². The van der Waals surface area contributed by atoms with Gasteiger partial charge >= 0.3 is 0 Å². The number of fused-ring (bicyclic) bond motifs is 1. The molecule has 128 valence electrons. The minimum absolute atomic E-state index is 0.164. The van der Waals surface area contributed by atoms with E-state index < -0.39 is 9.84 Å². The molecule has 6 heteroatoms. The zero-order valence-corrected chi connectivity index (χ0v) is 15.0. The maximum atomic E-state index is 12.8. The fourth-order valence-corrected chi connectivity index (χ4v) is 3.33. The van der Waals surface area contributed by atoms with Crippen molar-refractivity contribution in [3.05, 3.63) is 65.4 Å². The Balaban J connectivity index is 2.02. The van der Waals surface area contributed by atoms with Crippen LogP contribution < -0.4 is 5.32 Å². The van der Waals surface area contributed by atoms with E-state index in [4.69, 9.17) is 0 Å². The van der Waals surface area contributed by atoms with Gasteiger partial charge in [-0.1, -0.05) is 17.7 Å². The summed E-state index contributed by atoms with van der Waals surface area (Å²) in [4.78, 5) is 17.4. The lowest BCUT2D eigenvalue weighted by atomic mass is 10.0. The highest BCUT2D eigenvalue weighted by Crippen LogP contribution is 2.22. The van der Waals surface area contributed by atoms with Crippen molar-refractivity contribution in [3.8, 4) is 0 Å². The van der Waals surface area contributed by atoms with Crippen molar-refractivity contribution in [1.82, 2.24) is 4.98 Å². The number of benzene rings is 2. The molecule has 0 saturated carbocycles. The summed E-state index contributed by atoms with van der Waals surface area (Å²) in [6.07, 6.45) is 1.14. The lowest BCUT2D eigenvalue weighted by Crippen LogP contribution is -2.13. The van der Waals surface area contributed by atoms with Crippen molar-refractivity contribution in [2.24, 2.45) is 0 Å². The first-order valence-corrected chi connectivity index (χ1v) is 9.63. The third kappa shape index (κ3) is 3.69. The van der Waals surface area contributed by atoms with Gasteiger partial charge in [0.2, 0.25) is 0 Å². The van der Waals surface area contributed by atoms with Crippen LogP contribution in [0.5, 0.6) is 0 Å². The summed E-state index contributed by atoms with van der Waals surface area (Å²) < 4.78 is 23.4.